The lowest BCUT2D eigenvalue weighted by atomic mass is 10.1. The maximum absolute atomic E-state index is 11.4. The van der Waals surface area contributed by atoms with Gasteiger partial charge < -0.3 is 10.4 Å². The molecule has 16 heavy (non-hydrogen) atoms. The number of unbranched alkanes of at least 4 members (excludes halogenated alkanes) is 3. The van der Waals surface area contributed by atoms with E-state index in [1.165, 1.54) is 0 Å². The number of rotatable bonds is 8. The van der Waals surface area contributed by atoms with Gasteiger partial charge in [-0.1, -0.05) is 32.6 Å². The number of hydrogen-bond donors (Lipinski definition) is 2. The van der Waals surface area contributed by atoms with E-state index in [4.69, 9.17) is 5.11 Å². The van der Waals surface area contributed by atoms with E-state index in [9.17, 15) is 9.59 Å². The van der Waals surface area contributed by atoms with Crippen LogP contribution in [0.25, 0.3) is 0 Å². The Kier molecular flexibility index (Phi) is 5.29. The zero-order valence-electron chi connectivity index (χ0n) is 9.87. The van der Waals surface area contributed by atoms with E-state index in [-0.39, 0.29) is 11.8 Å². The van der Waals surface area contributed by atoms with E-state index >= 15 is 0 Å². The molecule has 1 amide bonds. The number of carboxylic acids is 1. The van der Waals surface area contributed by atoms with Crippen molar-refractivity contribution >= 4 is 11.9 Å². The molecule has 1 fully saturated rings. The number of nitrogens with one attached hydrogen (secondary N) is 1. The van der Waals surface area contributed by atoms with E-state index in [1.807, 2.05) is 0 Å². The first-order valence-corrected chi connectivity index (χ1v) is 6.18. The molecule has 0 saturated heterocycles. The number of carboxylic acid groups (broad SMARTS) is 1. The van der Waals surface area contributed by atoms with Crippen molar-refractivity contribution in [3.8, 4) is 0 Å². The predicted molar refractivity (Wildman–Crippen MR) is 61.0 cm³/mol. The molecule has 4 heteroatoms. The first-order valence-electron chi connectivity index (χ1n) is 6.18. The molecule has 0 aromatic carbocycles. The van der Waals surface area contributed by atoms with Crippen molar-refractivity contribution in [1.82, 2.24) is 5.32 Å². The van der Waals surface area contributed by atoms with Gasteiger partial charge in [0.1, 0.15) is 6.04 Å². The van der Waals surface area contributed by atoms with Crippen LogP contribution in [0.4, 0.5) is 0 Å². The molecule has 1 saturated carbocycles. The van der Waals surface area contributed by atoms with Gasteiger partial charge in [-0.2, -0.15) is 0 Å². The number of amides is 1. The summed E-state index contributed by atoms with van der Waals surface area (Å²) in [7, 11) is 0. The maximum atomic E-state index is 11.4. The minimum absolute atomic E-state index is 0.0807. The van der Waals surface area contributed by atoms with E-state index in [0.29, 0.717) is 6.42 Å². The molecule has 0 radical (unpaired) electrons. The zero-order chi connectivity index (χ0) is 12.0. The van der Waals surface area contributed by atoms with E-state index in [1.54, 1.807) is 0 Å². The third-order valence-electron chi connectivity index (χ3n) is 2.91. The summed E-state index contributed by atoms with van der Waals surface area (Å²) in [5.41, 5.74) is 0. The molecule has 92 valence electrons. The van der Waals surface area contributed by atoms with Gasteiger partial charge in [0.05, 0.1) is 0 Å². The molecule has 1 aliphatic carbocycles. The number of hydrogen-bond acceptors (Lipinski definition) is 2. The van der Waals surface area contributed by atoms with Crippen LogP contribution in [0.5, 0.6) is 0 Å². The van der Waals surface area contributed by atoms with E-state index in [0.717, 1.165) is 38.5 Å². The monoisotopic (exact) mass is 227 g/mol. The number of carbonyl (C=O) groups excluding carboxylic acids is 1. The molecule has 0 unspecified atom stereocenters. The van der Waals surface area contributed by atoms with Crippen LogP contribution >= 0.6 is 0 Å². The number of carbonyl (C=O) groups is 2. The van der Waals surface area contributed by atoms with Gasteiger partial charge in [0.2, 0.25) is 5.91 Å². The highest BCUT2D eigenvalue weighted by atomic mass is 16.4. The third kappa shape index (κ3) is 4.64. The van der Waals surface area contributed by atoms with Crippen molar-refractivity contribution in [3.05, 3.63) is 0 Å². The fraction of sp³-hybridized carbons (Fsp3) is 0.833. The van der Waals surface area contributed by atoms with Crippen LogP contribution in [0.3, 0.4) is 0 Å². The predicted octanol–water partition coefficient (Wildman–Crippen LogP) is 1.94. The fourth-order valence-corrected chi connectivity index (χ4v) is 1.67. The van der Waals surface area contributed by atoms with Gasteiger partial charge in [-0.05, 0) is 19.3 Å². The smallest absolute Gasteiger partial charge is 0.326 e. The van der Waals surface area contributed by atoms with Gasteiger partial charge in [0.15, 0.2) is 0 Å². The van der Waals surface area contributed by atoms with Crippen LogP contribution < -0.4 is 5.32 Å². The van der Waals surface area contributed by atoms with E-state index in [2.05, 4.69) is 12.2 Å². The Morgan fingerprint density at radius 3 is 2.50 bits per heavy atom. The molecular formula is C12H21NO3. The minimum atomic E-state index is -0.912. The highest BCUT2D eigenvalue weighted by molar-refractivity contribution is 5.86. The SMILES string of the molecule is CCCCCC[C@H](NC(=O)C1CC1)C(=O)O. The highest BCUT2D eigenvalue weighted by Gasteiger charge is 2.32. The largest absolute Gasteiger partial charge is 0.480 e. The van der Waals surface area contributed by atoms with Crippen molar-refractivity contribution < 1.29 is 14.7 Å². The molecule has 0 aromatic heterocycles. The standard InChI is InChI=1S/C12H21NO3/c1-2-3-4-5-6-10(12(15)16)13-11(14)9-7-8-9/h9-10H,2-8H2,1H3,(H,13,14)(H,15,16)/t10-/m0/s1. The second kappa shape index (κ2) is 6.51. The Morgan fingerprint density at radius 2 is 2.00 bits per heavy atom. The van der Waals surface area contributed by atoms with Crippen LogP contribution in [0.1, 0.15) is 51.9 Å². The second-order valence-electron chi connectivity index (χ2n) is 4.52. The maximum Gasteiger partial charge on any atom is 0.326 e. The first-order chi connectivity index (χ1) is 7.65. The Balaban J connectivity index is 2.23. The Labute approximate surface area is 96.4 Å². The fourth-order valence-electron chi connectivity index (χ4n) is 1.67. The lowest BCUT2D eigenvalue weighted by Gasteiger charge is -2.13. The van der Waals surface area contributed by atoms with Crippen LogP contribution in [-0.4, -0.2) is 23.0 Å². The lowest BCUT2D eigenvalue weighted by molar-refractivity contribution is -0.142. The summed E-state index contributed by atoms with van der Waals surface area (Å²) in [6.07, 6.45) is 6.54. The molecule has 0 spiro atoms. The van der Waals surface area contributed by atoms with Crippen molar-refractivity contribution in [3.63, 3.8) is 0 Å². The average Bonchev–Trinajstić information content (AvgIpc) is 3.05. The van der Waals surface area contributed by atoms with Gasteiger partial charge in [-0.25, -0.2) is 4.79 Å². The number of aliphatic carboxylic acids is 1. The summed E-state index contributed by atoms with van der Waals surface area (Å²) in [5, 5.41) is 11.6. The van der Waals surface area contributed by atoms with Crippen LogP contribution in [0.15, 0.2) is 0 Å². The van der Waals surface area contributed by atoms with Gasteiger partial charge >= 0.3 is 5.97 Å². The summed E-state index contributed by atoms with van der Waals surface area (Å²) in [5.74, 6) is -0.911. The normalized spacial score (nSPS) is 16.8. The average molecular weight is 227 g/mol. The third-order valence-corrected chi connectivity index (χ3v) is 2.91. The topological polar surface area (TPSA) is 66.4 Å². The van der Waals surface area contributed by atoms with Crippen molar-refractivity contribution in [2.45, 2.75) is 57.9 Å². The van der Waals surface area contributed by atoms with Crippen molar-refractivity contribution in [2.24, 2.45) is 5.92 Å². The quantitative estimate of drug-likeness (QED) is 0.623. The first kappa shape index (κ1) is 13.0. The summed E-state index contributed by atoms with van der Waals surface area (Å²) in [6, 6.07) is -0.690. The Morgan fingerprint density at radius 1 is 1.31 bits per heavy atom. The molecule has 0 aromatic rings. The lowest BCUT2D eigenvalue weighted by Crippen LogP contribution is -2.41. The zero-order valence-corrected chi connectivity index (χ0v) is 9.87. The van der Waals surface area contributed by atoms with E-state index < -0.39 is 12.0 Å². The molecule has 0 heterocycles. The minimum Gasteiger partial charge on any atom is -0.480 e. The Hall–Kier alpha value is -1.06. The van der Waals surface area contributed by atoms with Crippen molar-refractivity contribution in [2.75, 3.05) is 0 Å². The highest BCUT2D eigenvalue weighted by Crippen LogP contribution is 2.29. The molecule has 1 rings (SSSR count). The second-order valence-corrected chi connectivity index (χ2v) is 4.52. The van der Waals surface area contributed by atoms with Crippen molar-refractivity contribution in [1.29, 1.82) is 0 Å². The van der Waals surface area contributed by atoms with Crippen LogP contribution in [-0.2, 0) is 9.59 Å². The molecule has 1 aliphatic rings. The van der Waals surface area contributed by atoms with Gasteiger partial charge in [0.25, 0.3) is 0 Å². The Bertz CT molecular complexity index is 249. The summed E-state index contributed by atoms with van der Waals surface area (Å²) < 4.78 is 0. The molecule has 1 atom stereocenters. The molecule has 4 nitrogen and oxygen atoms in total. The summed E-state index contributed by atoms with van der Waals surface area (Å²) in [4.78, 5) is 22.4. The molecular weight excluding hydrogens is 206 g/mol. The molecule has 2 N–H and O–H groups in total. The summed E-state index contributed by atoms with van der Waals surface area (Å²) in [6.45, 7) is 2.11. The van der Waals surface area contributed by atoms with Crippen LogP contribution in [0, 0.1) is 5.92 Å². The summed E-state index contributed by atoms with van der Waals surface area (Å²) >= 11 is 0. The van der Waals surface area contributed by atoms with Gasteiger partial charge in [-0.15, -0.1) is 0 Å². The van der Waals surface area contributed by atoms with Gasteiger partial charge in [0, 0.05) is 5.92 Å². The van der Waals surface area contributed by atoms with Gasteiger partial charge in [-0.3, -0.25) is 4.79 Å². The molecule has 0 aliphatic heterocycles. The van der Waals surface area contributed by atoms with Crippen LogP contribution in [0.2, 0.25) is 0 Å². The molecule has 0 bridgehead atoms.